The number of pyridine rings is 1. The summed E-state index contributed by atoms with van der Waals surface area (Å²) >= 11 is 0. The average molecular weight is 378 g/mol. The molecule has 0 aliphatic carbocycles. The number of fused-ring (bicyclic) bond motifs is 2. The van der Waals surface area contributed by atoms with Crippen molar-refractivity contribution in [2.45, 2.75) is 20.8 Å². The van der Waals surface area contributed by atoms with E-state index >= 15 is 0 Å². The molecule has 28 heavy (non-hydrogen) atoms. The van der Waals surface area contributed by atoms with E-state index in [2.05, 4.69) is 16.4 Å². The van der Waals surface area contributed by atoms with E-state index in [-0.39, 0.29) is 0 Å². The quantitative estimate of drug-likeness (QED) is 0.672. The van der Waals surface area contributed by atoms with E-state index in [1.807, 2.05) is 38.1 Å². The van der Waals surface area contributed by atoms with Gasteiger partial charge in [-0.25, -0.2) is 4.79 Å². The number of carbonyl (C=O) groups is 1. The second-order valence-electron chi connectivity index (χ2n) is 6.73. The third-order valence-electron chi connectivity index (χ3n) is 4.61. The molecule has 1 N–H and O–H groups in total. The van der Waals surface area contributed by atoms with E-state index < -0.39 is 5.97 Å². The van der Waals surface area contributed by atoms with E-state index in [9.17, 15) is 4.79 Å². The van der Waals surface area contributed by atoms with Crippen LogP contribution in [0.5, 0.6) is 11.5 Å². The van der Waals surface area contributed by atoms with E-state index in [1.54, 1.807) is 13.1 Å². The van der Waals surface area contributed by atoms with Crippen LogP contribution in [0.2, 0.25) is 0 Å². The normalized spacial score (nSPS) is 12.7. The van der Waals surface area contributed by atoms with Gasteiger partial charge in [0.1, 0.15) is 18.8 Å². The first-order valence-electron chi connectivity index (χ1n) is 9.30. The molecule has 0 atom stereocenters. The number of rotatable bonds is 4. The molecule has 0 saturated carbocycles. The van der Waals surface area contributed by atoms with Gasteiger partial charge in [-0.05, 0) is 44.5 Å². The number of carbonyl (C=O) groups excluding carboxylic acids is 1. The molecule has 1 aliphatic rings. The summed E-state index contributed by atoms with van der Waals surface area (Å²) in [5.41, 5.74) is 4.86. The predicted molar refractivity (Wildman–Crippen MR) is 108 cm³/mol. The number of aromatic nitrogens is 1. The largest absolute Gasteiger partial charge is 0.486 e. The topological polar surface area (TPSA) is 69.7 Å². The number of nitrogens with one attached hydrogen (secondary N) is 1. The van der Waals surface area contributed by atoms with E-state index in [0.29, 0.717) is 42.6 Å². The lowest BCUT2D eigenvalue weighted by molar-refractivity contribution is 0.0527. The number of anilines is 2. The Balaban J connectivity index is 1.85. The second-order valence-corrected chi connectivity index (χ2v) is 6.73. The van der Waals surface area contributed by atoms with Crippen LogP contribution < -0.4 is 14.8 Å². The zero-order chi connectivity index (χ0) is 19.7. The van der Waals surface area contributed by atoms with Crippen LogP contribution in [0, 0.1) is 13.8 Å². The van der Waals surface area contributed by atoms with Crippen molar-refractivity contribution in [2.75, 3.05) is 25.1 Å². The molecule has 2 heterocycles. The highest BCUT2D eigenvalue weighted by molar-refractivity contribution is 6.06. The molecule has 4 rings (SSSR count). The Bertz CT molecular complexity index is 1060. The molecule has 0 unspecified atom stereocenters. The Morgan fingerprint density at radius 2 is 1.93 bits per heavy atom. The number of hydrogen-bond acceptors (Lipinski definition) is 6. The van der Waals surface area contributed by atoms with Crippen molar-refractivity contribution in [2.24, 2.45) is 0 Å². The van der Waals surface area contributed by atoms with Crippen LogP contribution >= 0.6 is 0 Å². The fourth-order valence-corrected chi connectivity index (χ4v) is 3.42. The molecule has 1 aromatic heterocycles. The Labute approximate surface area is 163 Å². The number of benzene rings is 2. The van der Waals surface area contributed by atoms with Gasteiger partial charge in [-0.3, -0.25) is 4.98 Å². The molecule has 144 valence electrons. The fraction of sp³-hybridized carbons (Fsp3) is 0.273. The summed E-state index contributed by atoms with van der Waals surface area (Å²) in [6.07, 6.45) is 1.57. The Hall–Kier alpha value is -3.28. The number of hydrogen-bond donors (Lipinski definition) is 1. The molecule has 2 aromatic carbocycles. The first-order valence-corrected chi connectivity index (χ1v) is 9.30. The minimum atomic E-state index is -0.406. The first kappa shape index (κ1) is 18.1. The maximum absolute atomic E-state index is 12.6. The monoisotopic (exact) mass is 378 g/mol. The molecule has 0 radical (unpaired) electrons. The number of esters is 1. The standard InChI is InChI=1S/C22H22N2O4/c1-4-26-22(25)17-12-23-20-14(3)9-13(2)10-16(20)21(17)24-15-5-6-18-19(11-15)28-8-7-27-18/h5-6,9-12H,4,7-8H2,1-3H3,(H,23,24). The predicted octanol–water partition coefficient (Wildman–Crippen LogP) is 4.54. The lowest BCUT2D eigenvalue weighted by Crippen LogP contribution is -2.15. The second kappa shape index (κ2) is 7.38. The molecule has 1 aliphatic heterocycles. The maximum atomic E-state index is 12.6. The molecule has 0 bridgehead atoms. The minimum absolute atomic E-state index is 0.299. The Morgan fingerprint density at radius 3 is 2.71 bits per heavy atom. The van der Waals surface area contributed by atoms with Crippen LogP contribution in [-0.2, 0) is 4.74 Å². The summed E-state index contributed by atoms with van der Waals surface area (Å²) in [5, 5.41) is 4.26. The highest BCUT2D eigenvalue weighted by Crippen LogP contribution is 2.36. The van der Waals surface area contributed by atoms with Crippen molar-refractivity contribution in [1.82, 2.24) is 4.98 Å². The highest BCUT2D eigenvalue weighted by Gasteiger charge is 2.19. The molecule has 6 nitrogen and oxygen atoms in total. The van der Waals surface area contributed by atoms with Crippen LogP contribution in [0.4, 0.5) is 11.4 Å². The lowest BCUT2D eigenvalue weighted by atomic mass is 10.0. The Kier molecular flexibility index (Phi) is 4.77. The summed E-state index contributed by atoms with van der Waals surface area (Å²) in [4.78, 5) is 17.1. The average Bonchev–Trinajstić information content (AvgIpc) is 2.68. The molecule has 0 saturated heterocycles. The molecular weight excluding hydrogens is 356 g/mol. The third kappa shape index (κ3) is 3.33. The van der Waals surface area contributed by atoms with Gasteiger partial charge >= 0.3 is 5.97 Å². The van der Waals surface area contributed by atoms with Crippen molar-refractivity contribution in [3.05, 3.63) is 53.2 Å². The van der Waals surface area contributed by atoms with Gasteiger partial charge in [0.25, 0.3) is 0 Å². The van der Waals surface area contributed by atoms with Crippen molar-refractivity contribution < 1.29 is 19.0 Å². The van der Waals surface area contributed by atoms with Crippen LogP contribution in [0.1, 0.15) is 28.4 Å². The highest BCUT2D eigenvalue weighted by atomic mass is 16.6. The summed E-state index contributed by atoms with van der Waals surface area (Å²) < 4.78 is 16.5. The van der Waals surface area contributed by atoms with Gasteiger partial charge < -0.3 is 19.5 Å². The third-order valence-corrected chi connectivity index (χ3v) is 4.61. The van der Waals surface area contributed by atoms with Gasteiger partial charge in [0.05, 0.1) is 17.8 Å². The van der Waals surface area contributed by atoms with E-state index in [4.69, 9.17) is 14.2 Å². The summed E-state index contributed by atoms with van der Waals surface area (Å²) in [6, 6.07) is 9.74. The SMILES string of the molecule is CCOC(=O)c1cnc2c(C)cc(C)cc2c1Nc1ccc2c(c1)OCCO2. The summed E-state index contributed by atoms with van der Waals surface area (Å²) in [5.74, 6) is 0.990. The zero-order valence-corrected chi connectivity index (χ0v) is 16.2. The Morgan fingerprint density at radius 1 is 1.14 bits per heavy atom. The lowest BCUT2D eigenvalue weighted by Gasteiger charge is -2.20. The number of aryl methyl sites for hydroxylation is 2. The van der Waals surface area contributed by atoms with Crippen molar-refractivity contribution in [3.8, 4) is 11.5 Å². The molecule has 3 aromatic rings. The van der Waals surface area contributed by atoms with Gasteiger partial charge in [-0.15, -0.1) is 0 Å². The van der Waals surface area contributed by atoms with Gasteiger partial charge in [-0.1, -0.05) is 11.6 Å². The summed E-state index contributed by atoms with van der Waals surface area (Å²) in [6.45, 7) is 7.18. The maximum Gasteiger partial charge on any atom is 0.341 e. The van der Waals surface area contributed by atoms with Gasteiger partial charge in [0.2, 0.25) is 0 Å². The van der Waals surface area contributed by atoms with Crippen molar-refractivity contribution in [3.63, 3.8) is 0 Å². The molecule has 0 amide bonds. The van der Waals surface area contributed by atoms with Crippen molar-refractivity contribution in [1.29, 1.82) is 0 Å². The van der Waals surface area contributed by atoms with Crippen LogP contribution in [0.15, 0.2) is 36.5 Å². The molecule has 6 heteroatoms. The van der Waals surface area contributed by atoms with E-state index in [1.165, 1.54) is 0 Å². The zero-order valence-electron chi connectivity index (χ0n) is 16.2. The first-order chi connectivity index (χ1) is 13.6. The van der Waals surface area contributed by atoms with Gasteiger partial charge in [0, 0.05) is 23.3 Å². The molecular formula is C22H22N2O4. The van der Waals surface area contributed by atoms with Crippen LogP contribution in [0.25, 0.3) is 10.9 Å². The smallest absolute Gasteiger partial charge is 0.341 e. The minimum Gasteiger partial charge on any atom is -0.486 e. The number of nitrogens with zero attached hydrogens (tertiary/aromatic N) is 1. The van der Waals surface area contributed by atoms with E-state index in [0.717, 1.165) is 27.7 Å². The number of ether oxygens (including phenoxy) is 3. The fourth-order valence-electron chi connectivity index (χ4n) is 3.42. The molecule has 0 fully saturated rings. The summed E-state index contributed by atoms with van der Waals surface area (Å²) in [7, 11) is 0. The van der Waals surface area contributed by atoms with Gasteiger partial charge in [-0.2, -0.15) is 0 Å². The van der Waals surface area contributed by atoms with Crippen LogP contribution in [0.3, 0.4) is 0 Å². The van der Waals surface area contributed by atoms with Gasteiger partial charge in [0.15, 0.2) is 11.5 Å². The molecule has 0 spiro atoms. The van der Waals surface area contributed by atoms with Crippen molar-refractivity contribution >= 4 is 28.2 Å². The van der Waals surface area contributed by atoms with Crippen LogP contribution in [-0.4, -0.2) is 30.8 Å².